The van der Waals surface area contributed by atoms with Crippen molar-refractivity contribution in [1.82, 2.24) is 14.5 Å². The molecular weight excluding hydrogens is 480 g/mol. The summed E-state index contributed by atoms with van der Waals surface area (Å²) in [5.41, 5.74) is 12.4. The Hall–Kier alpha value is -3.28. The Morgan fingerprint density at radius 3 is 2.62 bits per heavy atom. The predicted octanol–water partition coefficient (Wildman–Crippen LogP) is 3.17. The number of nitrogens with two attached hydrogens (primary N) is 2. The van der Waals surface area contributed by atoms with Crippen molar-refractivity contribution < 1.29 is 18.3 Å². The number of nitrogens with one attached hydrogen (secondary N) is 2. The predicted molar refractivity (Wildman–Crippen MR) is 139 cm³/mol. The fourth-order valence-electron chi connectivity index (χ4n) is 5.15. The van der Waals surface area contributed by atoms with Gasteiger partial charge in [-0.3, -0.25) is 9.69 Å². The third-order valence-electron chi connectivity index (χ3n) is 7.22. The van der Waals surface area contributed by atoms with Gasteiger partial charge in [0.1, 0.15) is 11.6 Å². The van der Waals surface area contributed by atoms with Crippen molar-refractivity contribution in [3.63, 3.8) is 0 Å². The number of nitrogens with zero attached hydrogens (tertiary/aromatic N) is 3. The summed E-state index contributed by atoms with van der Waals surface area (Å²) in [6.07, 6.45) is 5.52. The lowest BCUT2D eigenvalue weighted by molar-refractivity contribution is 0.0365. The Bertz CT molecular complexity index is 1280. The van der Waals surface area contributed by atoms with Crippen LogP contribution < -0.4 is 22.1 Å². The molecule has 2 atom stereocenters. The van der Waals surface area contributed by atoms with E-state index in [2.05, 4.69) is 20.5 Å². The highest BCUT2D eigenvalue weighted by Crippen LogP contribution is 2.30. The molecule has 2 aromatic heterocycles. The van der Waals surface area contributed by atoms with Crippen molar-refractivity contribution in [3.05, 3.63) is 47.7 Å². The first-order chi connectivity index (χ1) is 17.9. The minimum absolute atomic E-state index is 0.0225. The summed E-state index contributed by atoms with van der Waals surface area (Å²) < 4.78 is 37.4. The maximum atomic E-state index is 15.3. The monoisotopic (exact) mass is 513 g/mol. The number of ether oxygens (including phenoxy) is 1. The zero-order chi connectivity index (χ0) is 25.9. The van der Waals surface area contributed by atoms with Gasteiger partial charge < -0.3 is 31.4 Å². The third kappa shape index (κ3) is 5.68. The number of morpholine rings is 1. The van der Waals surface area contributed by atoms with Crippen LogP contribution >= 0.6 is 0 Å². The first-order valence-corrected chi connectivity index (χ1v) is 12.8. The number of benzene rings is 1. The number of primary amides is 1. The average molecular weight is 514 g/mol. The second-order valence-electron chi connectivity index (χ2n) is 9.76. The van der Waals surface area contributed by atoms with E-state index in [0.29, 0.717) is 36.3 Å². The van der Waals surface area contributed by atoms with Crippen LogP contribution in [0.2, 0.25) is 0 Å². The zero-order valence-corrected chi connectivity index (χ0v) is 20.7. The van der Waals surface area contributed by atoms with E-state index in [-0.39, 0.29) is 29.3 Å². The number of pyridine rings is 1. The number of rotatable bonds is 8. The van der Waals surface area contributed by atoms with Crippen molar-refractivity contribution in [2.45, 2.75) is 44.3 Å². The molecule has 1 aliphatic heterocycles. The van der Waals surface area contributed by atoms with Crippen LogP contribution in [-0.2, 0) is 11.3 Å². The van der Waals surface area contributed by atoms with Crippen molar-refractivity contribution >= 4 is 34.1 Å². The van der Waals surface area contributed by atoms with Gasteiger partial charge in [-0.2, -0.15) is 0 Å². The van der Waals surface area contributed by atoms with E-state index in [9.17, 15) is 9.18 Å². The van der Waals surface area contributed by atoms with Gasteiger partial charge in [0.2, 0.25) is 0 Å². The summed E-state index contributed by atoms with van der Waals surface area (Å²) in [6.45, 7) is 4.61. The van der Waals surface area contributed by atoms with E-state index in [1.165, 1.54) is 6.07 Å². The zero-order valence-electron chi connectivity index (χ0n) is 20.7. The van der Waals surface area contributed by atoms with Gasteiger partial charge in [0.15, 0.2) is 11.6 Å². The van der Waals surface area contributed by atoms with Crippen LogP contribution in [0.5, 0.6) is 0 Å². The molecule has 0 spiro atoms. The maximum absolute atomic E-state index is 15.3. The van der Waals surface area contributed by atoms with Gasteiger partial charge in [-0.1, -0.05) is 12.8 Å². The standard InChI is InChI=1S/C26H33F2N7O2/c27-19-14-17(13-16-5-6-35(23(16)19)8-7-34-9-11-37-12-10-34)31-25-18(24(30)36)15-20(28)26(33-25)32-22-4-2-1-3-21(22)29/h5-6,13-15,21-22H,1-4,7-12,29H2,(H2,30,36)(H2,31,32,33)/t21-,22?/m0/s1. The van der Waals surface area contributed by atoms with E-state index in [1.54, 1.807) is 6.07 Å². The number of anilines is 3. The lowest BCUT2D eigenvalue weighted by Gasteiger charge is -2.30. The lowest BCUT2D eigenvalue weighted by Crippen LogP contribution is -2.43. The SMILES string of the molecule is NC(=O)c1cc(F)c(NC2CCCC[C@@H]2N)nc1Nc1cc(F)c2c(ccn2CCN2CCOCC2)c1. The summed E-state index contributed by atoms with van der Waals surface area (Å²) >= 11 is 0. The van der Waals surface area contributed by atoms with Gasteiger partial charge >= 0.3 is 0 Å². The largest absolute Gasteiger partial charge is 0.379 e. The maximum Gasteiger partial charge on any atom is 0.252 e. The first kappa shape index (κ1) is 25.4. The molecule has 6 N–H and O–H groups in total. The second kappa shape index (κ2) is 11.0. The number of fused-ring (bicyclic) bond motifs is 1. The molecule has 0 bridgehead atoms. The molecule has 2 fully saturated rings. The number of hydrogen-bond donors (Lipinski definition) is 4. The molecule has 37 heavy (non-hydrogen) atoms. The Kier molecular flexibility index (Phi) is 7.54. The fraction of sp³-hybridized carbons (Fsp3) is 0.462. The molecule has 5 rings (SSSR count). The molecule has 1 aliphatic carbocycles. The summed E-state index contributed by atoms with van der Waals surface area (Å²) in [5, 5.41) is 6.75. The highest BCUT2D eigenvalue weighted by molar-refractivity contribution is 5.99. The van der Waals surface area contributed by atoms with E-state index in [0.717, 1.165) is 51.4 Å². The van der Waals surface area contributed by atoms with Gasteiger partial charge in [-0.05, 0) is 37.1 Å². The van der Waals surface area contributed by atoms with Crippen molar-refractivity contribution in [1.29, 1.82) is 0 Å². The number of hydrogen-bond acceptors (Lipinski definition) is 7. The van der Waals surface area contributed by atoms with E-state index >= 15 is 4.39 Å². The van der Waals surface area contributed by atoms with Crippen LogP contribution in [0, 0.1) is 11.6 Å². The smallest absolute Gasteiger partial charge is 0.252 e. The molecule has 3 heterocycles. The number of carbonyl (C=O) groups excluding carboxylic acids is 1. The highest BCUT2D eigenvalue weighted by atomic mass is 19.1. The molecular formula is C26H33F2N7O2. The van der Waals surface area contributed by atoms with Crippen LogP contribution in [0.1, 0.15) is 36.0 Å². The third-order valence-corrected chi connectivity index (χ3v) is 7.22. The average Bonchev–Trinajstić information content (AvgIpc) is 3.30. The molecule has 3 aromatic rings. The van der Waals surface area contributed by atoms with Crippen LogP contribution in [0.25, 0.3) is 10.9 Å². The summed E-state index contributed by atoms with van der Waals surface area (Å²) in [7, 11) is 0. The molecule has 198 valence electrons. The van der Waals surface area contributed by atoms with Gasteiger partial charge in [-0.15, -0.1) is 0 Å². The topological polar surface area (TPSA) is 123 Å². The number of halogens is 2. The van der Waals surface area contributed by atoms with E-state index in [4.69, 9.17) is 16.2 Å². The molecule has 2 aliphatic rings. The number of aromatic nitrogens is 2. The van der Waals surface area contributed by atoms with Crippen LogP contribution in [0.4, 0.5) is 26.1 Å². The van der Waals surface area contributed by atoms with Crippen LogP contribution in [0.3, 0.4) is 0 Å². The molecule has 0 radical (unpaired) electrons. The molecule has 11 heteroatoms. The van der Waals surface area contributed by atoms with Gasteiger partial charge in [0.25, 0.3) is 5.91 Å². The van der Waals surface area contributed by atoms with Crippen LogP contribution in [-0.4, -0.2) is 65.3 Å². The van der Waals surface area contributed by atoms with Crippen molar-refractivity contribution in [2.75, 3.05) is 43.5 Å². The molecule has 1 unspecified atom stereocenters. The second-order valence-corrected chi connectivity index (χ2v) is 9.76. The van der Waals surface area contributed by atoms with E-state index < -0.39 is 17.5 Å². The number of carbonyl (C=O) groups is 1. The molecule has 1 saturated carbocycles. The fourth-order valence-corrected chi connectivity index (χ4v) is 5.15. The van der Waals surface area contributed by atoms with Gasteiger partial charge in [0, 0.05) is 55.5 Å². The van der Waals surface area contributed by atoms with Crippen LogP contribution in [0.15, 0.2) is 30.5 Å². The Morgan fingerprint density at radius 2 is 1.86 bits per heavy atom. The van der Waals surface area contributed by atoms with Crippen molar-refractivity contribution in [2.24, 2.45) is 11.5 Å². The minimum atomic E-state index is -0.842. The Balaban J connectivity index is 1.38. The summed E-state index contributed by atoms with van der Waals surface area (Å²) in [6, 6.07) is 5.75. The highest BCUT2D eigenvalue weighted by Gasteiger charge is 2.25. The van der Waals surface area contributed by atoms with E-state index in [1.807, 2.05) is 16.8 Å². The van der Waals surface area contributed by atoms with Crippen molar-refractivity contribution in [3.8, 4) is 0 Å². The number of amides is 1. The summed E-state index contributed by atoms with van der Waals surface area (Å²) in [4.78, 5) is 18.7. The molecule has 9 nitrogen and oxygen atoms in total. The molecule has 1 amide bonds. The lowest BCUT2D eigenvalue weighted by atomic mass is 9.91. The summed E-state index contributed by atoms with van der Waals surface area (Å²) in [5.74, 6) is -1.93. The first-order valence-electron chi connectivity index (χ1n) is 12.8. The van der Waals surface area contributed by atoms with Gasteiger partial charge in [-0.25, -0.2) is 13.8 Å². The Morgan fingerprint density at radius 1 is 1.08 bits per heavy atom. The Labute approximate surface area is 214 Å². The normalized spacial score (nSPS) is 20.7. The molecule has 1 saturated heterocycles. The van der Waals surface area contributed by atoms with Gasteiger partial charge in [0.05, 0.1) is 24.3 Å². The minimum Gasteiger partial charge on any atom is -0.379 e. The quantitative estimate of drug-likeness (QED) is 0.365. The molecule has 1 aromatic carbocycles.